The summed E-state index contributed by atoms with van der Waals surface area (Å²) in [5.41, 5.74) is -0.174. The van der Waals surface area contributed by atoms with Gasteiger partial charge < -0.3 is 10.1 Å². The monoisotopic (exact) mass is 359 g/mol. The molecule has 6 heteroatoms. The van der Waals surface area contributed by atoms with Gasteiger partial charge in [0.1, 0.15) is 5.82 Å². The van der Waals surface area contributed by atoms with Gasteiger partial charge in [-0.1, -0.05) is 36.7 Å². The SMILES string of the molecule is CC(OC(=O)CC(C)(C)C)C(=O)Nc1ccc(Br)cc1F. The quantitative estimate of drug-likeness (QED) is 0.829. The molecule has 0 saturated heterocycles. The second-order valence-corrected chi connectivity index (χ2v) is 6.90. The highest BCUT2D eigenvalue weighted by Gasteiger charge is 2.22. The Morgan fingerprint density at radius 3 is 2.52 bits per heavy atom. The molecular weight excluding hydrogens is 341 g/mol. The minimum atomic E-state index is -0.983. The lowest BCUT2D eigenvalue weighted by Gasteiger charge is -2.19. The number of amides is 1. The van der Waals surface area contributed by atoms with E-state index in [0.29, 0.717) is 4.47 Å². The van der Waals surface area contributed by atoms with E-state index in [-0.39, 0.29) is 17.5 Å². The van der Waals surface area contributed by atoms with Crippen LogP contribution in [0.25, 0.3) is 0 Å². The number of carbonyl (C=O) groups excluding carboxylic acids is 2. The van der Waals surface area contributed by atoms with Crippen LogP contribution in [-0.2, 0) is 14.3 Å². The van der Waals surface area contributed by atoms with Crippen molar-refractivity contribution in [2.75, 3.05) is 5.32 Å². The molecule has 0 bridgehead atoms. The molecule has 1 unspecified atom stereocenters. The van der Waals surface area contributed by atoms with Crippen LogP contribution in [0.3, 0.4) is 0 Å². The standard InChI is InChI=1S/C15H19BrFNO3/c1-9(21-13(19)8-15(2,3)4)14(20)18-12-6-5-10(16)7-11(12)17/h5-7,9H,8H2,1-4H3,(H,18,20). The van der Waals surface area contributed by atoms with Crippen LogP contribution in [0.1, 0.15) is 34.1 Å². The first-order chi connectivity index (χ1) is 9.58. The van der Waals surface area contributed by atoms with E-state index >= 15 is 0 Å². The molecule has 0 saturated carbocycles. The second-order valence-electron chi connectivity index (χ2n) is 5.98. The molecule has 116 valence electrons. The number of hydrogen-bond acceptors (Lipinski definition) is 3. The van der Waals surface area contributed by atoms with Gasteiger partial charge in [0, 0.05) is 4.47 Å². The highest BCUT2D eigenvalue weighted by molar-refractivity contribution is 9.10. The number of ether oxygens (including phenoxy) is 1. The van der Waals surface area contributed by atoms with Gasteiger partial charge in [0.05, 0.1) is 12.1 Å². The molecule has 0 aliphatic heterocycles. The summed E-state index contributed by atoms with van der Waals surface area (Å²) >= 11 is 3.13. The number of benzene rings is 1. The van der Waals surface area contributed by atoms with Crippen LogP contribution in [0, 0.1) is 11.2 Å². The number of esters is 1. The third-order valence-corrected chi connectivity index (χ3v) is 3.03. The summed E-state index contributed by atoms with van der Waals surface area (Å²) in [6.07, 6.45) is -0.778. The zero-order valence-electron chi connectivity index (χ0n) is 12.5. The van der Waals surface area contributed by atoms with E-state index in [4.69, 9.17) is 4.74 Å². The molecule has 1 aromatic carbocycles. The van der Waals surface area contributed by atoms with Gasteiger partial charge in [0.15, 0.2) is 6.10 Å². The Morgan fingerprint density at radius 1 is 1.38 bits per heavy atom. The molecule has 0 aliphatic carbocycles. The third kappa shape index (κ3) is 6.25. The fourth-order valence-corrected chi connectivity index (χ4v) is 1.88. The van der Waals surface area contributed by atoms with Crippen molar-refractivity contribution in [1.29, 1.82) is 0 Å². The smallest absolute Gasteiger partial charge is 0.307 e. The average Bonchev–Trinajstić information content (AvgIpc) is 2.29. The zero-order chi connectivity index (χ0) is 16.2. The number of rotatable bonds is 4. The van der Waals surface area contributed by atoms with Crippen LogP contribution < -0.4 is 5.32 Å². The van der Waals surface area contributed by atoms with Gasteiger partial charge in [0.2, 0.25) is 0 Å². The Labute approximate surface area is 132 Å². The molecule has 1 N–H and O–H groups in total. The minimum absolute atomic E-state index is 0.0434. The normalized spacial score (nSPS) is 12.7. The second kappa shape index (κ2) is 7.02. The summed E-state index contributed by atoms with van der Waals surface area (Å²) in [5, 5.41) is 2.39. The molecule has 0 spiro atoms. The van der Waals surface area contributed by atoms with Crippen molar-refractivity contribution in [2.24, 2.45) is 5.41 Å². The number of anilines is 1. The van der Waals surface area contributed by atoms with E-state index in [2.05, 4.69) is 21.2 Å². The van der Waals surface area contributed by atoms with Crippen molar-refractivity contribution < 1.29 is 18.7 Å². The summed E-state index contributed by atoms with van der Waals surface area (Å²) in [7, 11) is 0. The highest BCUT2D eigenvalue weighted by Crippen LogP contribution is 2.21. The molecule has 1 rings (SSSR count). The number of nitrogens with one attached hydrogen (secondary N) is 1. The van der Waals surface area contributed by atoms with E-state index < -0.39 is 23.8 Å². The van der Waals surface area contributed by atoms with Crippen molar-refractivity contribution in [3.8, 4) is 0 Å². The topological polar surface area (TPSA) is 55.4 Å². The van der Waals surface area contributed by atoms with Crippen LogP contribution in [0.5, 0.6) is 0 Å². The number of carbonyl (C=O) groups is 2. The molecule has 1 atom stereocenters. The summed E-state index contributed by atoms with van der Waals surface area (Å²) in [6, 6.07) is 4.28. The fraction of sp³-hybridized carbons (Fsp3) is 0.467. The Hall–Kier alpha value is -1.43. The summed E-state index contributed by atoms with van der Waals surface area (Å²) in [4.78, 5) is 23.5. The van der Waals surface area contributed by atoms with Crippen LogP contribution in [-0.4, -0.2) is 18.0 Å². The highest BCUT2D eigenvalue weighted by atomic mass is 79.9. The maximum atomic E-state index is 13.6. The first-order valence-corrected chi connectivity index (χ1v) is 7.33. The Morgan fingerprint density at radius 2 is 2.00 bits per heavy atom. The van der Waals surface area contributed by atoms with E-state index in [9.17, 15) is 14.0 Å². The fourth-order valence-electron chi connectivity index (χ4n) is 1.55. The third-order valence-electron chi connectivity index (χ3n) is 2.54. The summed E-state index contributed by atoms with van der Waals surface area (Å²) < 4.78 is 19.2. The molecule has 4 nitrogen and oxygen atoms in total. The van der Waals surface area contributed by atoms with Crippen molar-refractivity contribution in [3.05, 3.63) is 28.5 Å². The van der Waals surface area contributed by atoms with Crippen molar-refractivity contribution in [3.63, 3.8) is 0 Å². The summed E-state index contributed by atoms with van der Waals surface area (Å²) in [6.45, 7) is 7.15. The van der Waals surface area contributed by atoms with E-state index in [1.165, 1.54) is 19.1 Å². The molecule has 1 aromatic rings. The molecule has 0 aliphatic rings. The molecule has 0 heterocycles. The van der Waals surface area contributed by atoms with Gasteiger partial charge in [-0.25, -0.2) is 4.39 Å². The van der Waals surface area contributed by atoms with Gasteiger partial charge in [-0.15, -0.1) is 0 Å². The predicted molar refractivity (Wildman–Crippen MR) is 82.4 cm³/mol. The largest absolute Gasteiger partial charge is 0.453 e. The lowest BCUT2D eigenvalue weighted by molar-refractivity contribution is -0.154. The molecule has 1 amide bonds. The van der Waals surface area contributed by atoms with Crippen molar-refractivity contribution in [2.45, 2.75) is 40.2 Å². The van der Waals surface area contributed by atoms with Crippen LogP contribution in [0.15, 0.2) is 22.7 Å². The van der Waals surface area contributed by atoms with Crippen molar-refractivity contribution >= 4 is 33.5 Å². The molecule has 0 fully saturated rings. The molecular formula is C15H19BrFNO3. The van der Waals surface area contributed by atoms with E-state index in [1.807, 2.05) is 20.8 Å². The maximum Gasteiger partial charge on any atom is 0.307 e. The first kappa shape index (κ1) is 17.6. The van der Waals surface area contributed by atoms with Gasteiger partial charge in [-0.2, -0.15) is 0 Å². The van der Waals surface area contributed by atoms with Gasteiger partial charge >= 0.3 is 5.97 Å². The Bertz CT molecular complexity index is 540. The van der Waals surface area contributed by atoms with Gasteiger partial charge in [0.25, 0.3) is 5.91 Å². The van der Waals surface area contributed by atoms with Crippen LogP contribution >= 0.6 is 15.9 Å². The molecule has 0 radical (unpaired) electrons. The van der Waals surface area contributed by atoms with Crippen LogP contribution in [0.4, 0.5) is 10.1 Å². The predicted octanol–water partition coefficient (Wildman–Crippen LogP) is 3.89. The Kier molecular flexibility index (Phi) is 5.89. The summed E-state index contributed by atoms with van der Waals surface area (Å²) in [5.74, 6) is -1.59. The lowest BCUT2D eigenvalue weighted by atomic mass is 9.92. The van der Waals surface area contributed by atoms with Crippen LogP contribution in [0.2, 0.25) is 0 Å². The number of halogens is 2. The average molecular weight is 360 g/mol. The Balaban J connectivity index is 2.61. The van der Waals surface area contributed by atoms with Crippen molar-refractivity contribution in [1.82, 2.24) is 0 Å². The number of hydrogen-bond donors (Lipinski definition) is 1. The molecule has 21 heavy (non-hydrogen) atoms. The lowest BCUT2D eigenvalue weighted by Crippen LogP contribution is -2.31. The maximum absolute atomic E-state index is 13.6. The van der Waals surface area contributed by atoms with E-state index in [0.717, 1.165) is 0 Å². The minimum Gasteiger partial charge on any atom is -0.453 e. The van der Waals surface area contributed by atoms with Gasteiger partial charge in [-0.05, 0) is 30.5 Å². The first-order valence-electron chi connectivity index (χ1n) is 6.54. The van der Waals surface area contributed by atoms with Gasteiger partial charge in [-0.3, -0.25) is 9.59 Å². The zero-order valence-corrected chi connectivity index (χ0v) is 14.1. The van der Waals surface area contributed by atoms with E-state index in [1.54, 1.807) is 6.07 Å². The molecule has 0 aromatic heterocycles.